The zero-order chi connectivity index (χ0) is 9.97. The van der Waals surface area contributed by atoms with Gasteiger partial charge in [-0.1, -0.05) is 11.2 Å². The van der Waals surface area contributed by atoms with Gasteiger partial charge in [-0.25, -0.2) is 0 Å². The van der Waals surface area contributed by atoms with Crippen LogP contribution in [0.1, 0.15) is 21.0 Å². The van der Waals surface area contributed by atoms with Crippen LogP contribution in [0.4, 0.5) is 0 Å². The molecule has 0 aromatic carbocycles. The van der Waals surface area contributed by atoms with Crippen LogP contribution in [-0.2, 0) is 6.42 Å². The summed E-state index contributed by atoms with van der Waals surface area (Å²) in [6, 6.07) is 3.91. The lowest BCUT2D eigenvalue weighted by molar-refractivity contribution is 0.108. The third-order valence-electron chi connectivity index (χ3n) is 1.77. The summed E-state index contributed by atoms with van der Waals surface area (Å²) < 4.78 is 4.95. The van der Waals surface area contributed by atoms with Crippen LogP contribution in [0.15, 0.2) is 28.2 Å². The molecule has 0 spiro atoms. The van der Waals surface area contributed by atoms with Gasteiger partial charge in [0.2, 0.25) is 0 Å². The van der Waals surface area contributed by atoms with Gasteiger partial charge in [0.05, 0.1) is 11.8 Å². The molecule has 0 saturated carbocycles. The highest BCUT2D eigenvalue weighted by molar-refractivity contribution is 7.09. The molecule has 2 aromatic rings. The lowest BCUT2D eigenvalue weighted by atomic mass is 10.2. The highest BCUT2D eigenvalue weighted by Crippen LogP contribution is 2.18. The number of hydrogen-bond donors (Lipinski definition) is 0. The van der Waals surface area contributed by atoms with Crippen molar-refractivity contribution in [1.29, 1.82) is 0 Å². The molecule has 0 aliphatic heterocycles. The topological polar surface area (TPSA) is 43.1 Å². The average molecular weight is 228 g/mol. The minimum Gasteiger partial charge on any atom is -0.360 e. The molecule has 2 rings (SSSR count). The average Bonchev–Trinajstić information content (AvgIpc) is 2.75. The van der Waals surface area contributed by atoms with Crippen molar-refractivity contribution in [3.05, 3.63) is 39.9 Å². The van der Waals surface area contributed by atoms with E-state index in [2.05, 4.69) is 5.16 Å². The van der Waals surface area contributed by atoms with E-state index in [9.17, 15) is 4.79 Å². The molecule has 5 heteroatoms. The molecule has 2 heterocycles. The summed E-state index contributed by atoms with van der Waals surface area (Å²) in [6.45, 7) is 0. The lowest BCUT2D eigenvalue weighted by Crippen LogP contribution is -1.92. The van der Waals surface area contributed by atoms with Gasteiger partial charge in [0, 0.05) is 11.3 Å². The Labute approximate surface area is 89.3 Å². The second-order valence-electron chi connectivity index (χ2n) is 2.69. The van der Waals surface area contributed by atoms with Crippen LogP contribution in [0, 0.1) is 0 Å². The van der Waals surface area contributed by atoms with Gasteiger partial charge in [0.15, 0.2) is 5.76 Å². The van der Waals surface area contributed by atoms with E-state index in [-0.39, 0.29) is 0 Å². The van der Waals surface area contributed by atoms with Crippen molar-refractivity contribution < 1.29 is 9.32 Å². The van der Waals surface area contributed by atoms with Gasteiger partial charge in [0.1, 0.15) is 0 Å². The summed E-state index contributed by atoms with van der Waals surface area (Å²) in [6.07, 6.45) is 1.91. The normalized spacial score (nSPS) is 10.4. The number of carbonyl (C=O) groups is 1. The minimum absolute atomic E-state index is 0.347. The molecule has 0 saturated heterocycles. The van der Waals surface area contributed by atoms with Gasteiger partial charge in [-0.3, -0.25) is 4.79 Å². The number of rotatable bonds is 3. The van der Waals surface area contributed by atoms with Gasteiger partial charge in [-0.05, 0) is 23.0 Å². The first-order chi connectivity index (χ1) is 6.77. The Hall–Kier alpha value is -1.13. The maximum absolute atomic E-state index is 10.9. The van der Waals surface area contributed by atoms with E-state index < -0.39 is 5.24 Å². The van der Waals surface area contributed by atoms with E-state index in [0.717, 1.165) is 4.88 Å². The Morgan fingerprint density at radius 1 is 1.64 bits per heavy atom. The number of hydrogen-bond acceptors (Lipinski definition) is 4. The lowest BCUT2D eigenvalue weighted by Gasteiger charge is -1.93. The smallest absolute Gasteiger partial charge is 0.257 e. The van der Waals surface area contributed by atoms with E-state index in [0.29, 0.717) is 17.7 Å². The number of nitrogens with zero attached hydrogens (tertiary/aromatic N) is 1. The van der Waals surface area contributed by atoms with Crippen molar-refractivity contribution in [1.82, 2.24) is 5.16 Å². The first kappa shape index (κ1) is 9.43. The highest BCUT2D eigenvalue weighted by Gasteiger charge is 2.14. The SMILES string of the molecule is O=C(Cl)c1cnoc1Cc1cccs1. The van der Waals surface area contributed by atoms with Crippen molar-refractivity contribution in [2.45, 2.75) is 6.42 Å². The van der Waals surface area contributed by atoms with Gasteiger partial charge >= 0.3 is 0 Å². The first-order valence-corrected chi connectivity index (χ1v) is 5.19. The maximum Gasteiger partial charge on any atom is 0.257 e. The quantitative estimate of drug-likeness (QED) is 0.758. The predicted molar refractivity (Wildman–Crippen MR) is 53.8 cm³/mol. The highest BCUT2D eigenvalue weighted by atomic mass is 35.5. The van der Waals surface area contributed by atoms with Crippen LogP contribution in [-0.4, -0.2) is 10.4 Å². The summed E-state index contributed by atoms with van der Waals surface area (Å²) in [4.78, 5) is 12.0. The Bertz CT molecular complexity index is 435. The molecule has 0 aliphatic carbocycles. The summed E-state index contributed by atoms with van der Waals surface area (Å²) in [5, 5.41) is 4.98. The van der Waals surface area contributed by atoms with E-state index >= 15 is 0 Å². The van der Waals surface area contributed by atoms with E-state index in [4.69, 9.17) is 16.1 Å². The zero-order valence-electron chi connectivity index (χ0n) is 7.07. The minimum atomic E-state index is -0.530. The molecular formula is C9H6ClNO2S. The van der Waals surface area contributed by atoms with Crippen molar-refractivity contribution in [2.75, 3.05) is 0 Å². The zero-order valence-corrected chi connectivity index (χ0v) is 8.64. The number of aromatic nitrogens is 1. The number of thiophene rings is 1. The van der Waals surface area contributed by atoms with Gasteiger partial charge < -0.3 is 4.52 Å². The summed E-state index contributed by atoms with van der Waals surface area (Å²) in [5.41, 5.74) is 0.347. The first-order valence-electron chi connectivity index (χ1n) is 3.93. The third kappa shape index (κ3) is 1.86. The molecule has 0 bridgehead atoms. The summed E-state index contributed by atoms with van der Waals surface area (Å²) in [5.74, 6) is 0.521. The Morgan fingerprint density at radius 3 is 3.14 bits per heavy atom. The van der Waals surface area contributed by atoms with Crippen LogP contribution in [0.3, 0.4) is 0 Å². The Balaban J connectivity index is 2.25. The van der Waals surface area contributed by atoms with Crippen LogP contribution >= 0.6 is 22.9 Å². The molecule has 72 valence electrons. The van der Waals surface area contributed by atoms with E-state index in [1.165, 1.54) is 6.20 Å². The van der Waals surface area contributed by atoms with Gasteiger partial charge in [0.25, 0.3) is 5.24 Å². The van der Waals surface area contributed by atoms with Crippen molar-refractivity contribution >= 4 is 28.2 Å². The molecule has 2 aromatic heterocycles. The van der Waals surface area contributed by atoms with Crippen LogP contribution in [0.25, 0.3) is 0 Å². The van der Waals surface area contributed by atoms with Crippen molar-refractivity contribution in [3.63, 3.8) is 0 Å². The van der Waals surface area contributed by atoms with Crippen LogP contribution in [0.2, 0.25) is 0 Å². The standard InChI is InChI=1S/C9H6ClNO2S/c10-9(12)7-5-11-13-8(7)4-6-2-1-3-14-6/h1-3,5H,4H2. The fourth-order valence-electron chi connectivity index (χ4n) is 1.12. The Morgan fingerprint density at radius 2 is 2.50 bits per heavy atom. The molecule has 0 radical (unpaired) electrons. The number of carbonyl (C=O) groups excluding carboxylic acids is 1. The van der Waals surface area contributed by atoms with Crippen LogP contribution < -0.4 is 0 Å². The van der Waals surface area contributed by atoms with Crippen molar-refractivity contribution in [3.8, 4) is 0 Å². The molecule has 3 nitrogen and oxygen atoms in total. The monoisotopic (exact) mass is 227 g/mol. The van der Waals surface area contributed by atoms with Gasteiger partial charge in [-0.15, -0.1) is 11.3 Å². The van der Waals surface area contributed by atoms with Gasteiger partial charge in [-0.2, -0.15) is 0 Å². The fourth-order valence-corrected chi connectivity index (χ4v) is 1.98. The molecule has 0 N–H and O–H groups in total. The molecular weight excluding hydrogens is 222 g/mol. The fraction of sp³-hybridized carbons (Fsp3) is 0.111. The van der Waals surface area contributed by atoms with E-state index in [1.54, 1.807) is 11.3 Å². The second kappa shape index (κ2) is 3.94. The second-order valence-corrected chi connectivity index (χ2v) is 4.07. The van der Waals surface area contributed by atoms with E-state index in [1.807, 2.05) is 17.5 Å². The maximum atomic E-state index is 10.9. The molecule has 0 fully saturated rings. The number of halogens is 1. The molecule has 0 unspecified atom stereocenters. The molecule has 0 atom stereocenters. The summed E-state index contributed by atoms with van der Waals surface area (Å²) >= 11 is 6.95. The largest absolute Gasteiger partial charge is 0.360 e. The molecule has 0 aliphatic rings. The van der Waals surface area contributed by atoms with Crippen LogP contribution in [0.5, 0.6) is 0 Å². The Kier molecular flexibility index (Phi) is 2.65. The van der Waals surface area contributed by atoms with Crippen molar-refractivity contribution in [2.24, 2.45) is 0 Å². The molecule has 14 heavy (non-hydrogen) atoms. The summed E-state index contributed by atoms with van der Waals surface area (Å²) in [7, 11) is 0. The predicted octanol–water partition coefficient (Wildman–Crippen LogP) is 2.71. The third-order valence-corrected chi connectivity index (χ3v) is 2.85. The molecule has 0 amide bonds.